The Bertz CT molecular complexity index is 612. The van der Waals surface area contributed by atoms with Crippen LogP contribution in [0, 0.1) is 0 Å². The minimum Gasteiger partial charge on any atom is -0.388 e. The largest absolute Gasteiger partial charge is 0.388 e. The van der Waals surface area contributed by atoms with Crippen molar-refractivity contribution in [3.05, 3.63) is 69.2 Å². The van der Waals surface area contributed by atoms with Gasteiger partial charge >= 0.3 is 0 Å². The summed E-state index contributed by atoms with van der Waals surface area (Å²) in [5.74, 6) is 0. The summed E-state index contributed by atoms with van der Waals surface area (Å²) >= 11 is 12.1. The van der Waals surface area contributed by atoms with E-state index in [4.69, 9.17) is 23.2 Å². The van der Waals surface area contributed by atoms with E-state index in [1.165, 1.54) is 5.56 Å². The van der Waals surface area contributed by atoms with E-state index in [0.717, 1.165) is 5.56 Å². The Balaban J connectivity index is 2.16. The lowest BCUT2D eigenvalue weighted by Gasteiger charge is -2.19. The van der Waals surface area contributed by atoms with Gasteiger partial charge < -0.3 is 5.11 Å². The maximum Gasteiger partial charge on any atom is 0.0845 e. The molecule has 0 aliphatic rings. The van der Waals surface area contributed by atoms with E-state index in [1.807, 2.05) is 0 Å². The number of hydrogen-bond acceptors (Lipinski definition) is 1. The van der Waals surface area contributed by atoms with Gasteiger partial charge in [0, 0.05) is 22.0 Å². The van der Waals surface area contributed by atoms with Crippen LogP contribution in [0.2, 0.25) is 10.0 Å². The molecule has 21 heavy (non-hydrogen) atoms. The zero-order chi connectivity index (χ0) is 15.6. The molecule has 0 saturated heterocycles. The molecule has 0 spiro atoms. The van der Waals surface area contributed by atoms with Crippen molar-refractivity contribution in [2.45, 2.75) is 38.7 Å². The lowest BCUT2D eigenvalue weighted by Crippen LogP contribution is -2.11. The van der Waals surface area contributed by atoms with Gasteiger partial charge in [0.2, 0.25) is 0 Å². The Kier molecular flexibility index (Phi) is 4.98. The number of hydrogen-bond donors (Lipinski definition) is 1. The highest BCUT2D eigenvalue weighted by Gasteiger charge is 2.15. The van der Waals surface area contributed by atoms with Crippen molar-refractivity contribution >= 4 is 23.2 Å². The summed E-state index contributed by atoms with van der Waals surface area (Å²) in [6.45, 7) is 6.55. The van der Waals surface area contributed by atoms with Gasteiger partial charge in [-0.1, -0.05) is 68.2 Å². The fourth-order valence-electron chi connectivity index (χ4n) is 2.24. The molecule has 0 radical (unpaired) electrons. The van der Waals surface area contributed by atoms with E-state index >= 15 is 0 Å². The first kappa shape index (κ1) is 16.4. The van der Waals surface area contributed by atoms with Crippen LogP contribution in [0.25, 0.3) is 0 Å². The maximum atomic E-state index is 10.4. The fraction of sp³-hybridized carbons (Fsp3) is 0.333. The summed E-state index contributed by atoms with van der Waals surface area (Å²) in [5, 5.41) is 11.5. The Morgan fingerprint density at radius 3 is 2.19 bits per heavy atom. The molecule has 0 aliphatic carbocycles. The third kappa shape index (κ3) is 4.23. The molecule has 1 nitrogen and oxygen atoms in total. The van der Waals surface area contributed by atoms with Crippen molar-refractivity contribution in [1.82, 2.24) is 0 Å². The average molecular weight is 323 g/mol. The molecule has 0 fully saturated rings. The molecule has 3 heteroatoms. The smallest absolute Gasteiger partial charge is 0.0845 e. The van der Waals surface area contributed by atoms with Crippen molar-refractivity contribution < 1.29 is 5.11 Å². The summed E-state index contributed by atoms with van der Waals surface area (Å²) in [6.07, 6.45) is -0.138. The molecule has 112 valence electrons. The van der Waals surface area contributed by atoms with E-state index in [-0.39, 0.29) is 5.41 Å². The standard InChI is InChI=1S/C18H20Cl2O/c1-18(2,3)13-6-4-12(5-7-13)10-17(21)15-11-14(19)8-9-16(15)20/h4-9,11,17,21H,10H2,1-3H3. The lowest BCUT2D eigenvalue weighted by atomic mass is 9.86. The third-order valence-electron chi connectivity index (χ3n) is 3.57. The van der Waals surface area contributed by atoms with Gasteiger partial charge in [-0.05, 0) is 34.7 Å². The van der Waals surface area contributed by atoms with Crippen LogP contribution in [-0.4, -0.2) is 5.11 Å². The second-order valence-corrected chi connectivity index (χ2v) is 7.18. The van der Waals surface area contributed by atoms with E-state index in [1.54, 1.807) is 18.2 Å². The Morgan fingerprint density at radius 1 is 1.00 bits per heavy atom. The van der Waals surface area contributed by atoms with Crippen molar-refractivity contribution in [3.8, 4) is 0 Å². The topological polar surface area (TPSA) is 20.2 Å². The van der Waals surface area contributed by atoms with E-state index in [2.05, 4.69) is 45.0 Å². The SMILES string of the molecule is CC(C)(C)c1ccc(CC(O)c2cc(Cl)ccc2Cl)cc1. The minimum absolute atomic E-state index is 0.132. The highest BCUT2D eigenvalue weighted by molar-refractivity contribution is 6.33. The first-order valence-electron chi connectivity index (χ1n) is 7.00. The molecule has 0 bridgehead atoms. The monoisotopic (exact) mass is 322 g/mol. The summed E-state index contributed by atoms with van der Waals surface area (Å²) in [7, 11) is 0. The molecule has 2 aromatic rings. The molecule has 0 aromatic heterocycles. The molecule has 1 atom stereocenters. The predicted octanol–water partition coefficient (Wildman–Crippen LogP) is 5.57. The minimum atomic E-state index is -0.656. The summed E-state index contributed by atoms with van der Waals surface area (Å²) in [5.41, 5.74) is 3.16. The van der Waals surface area contributed by atoms with Crippen LogP contribution in [0.4, 0.5) is 0 Å². The van der Waals surface area contributed by atoms with Crippen molar-refractivity contribution in [1.29, 1.82) is 0 Å². The van der Waals surface area contributed by atoms with Gasteiger partial charge in [-0.25, -0.2) is 0 Å². The van der Waals surface area contributed by atoms with Crippen LogP contribution < -0.4 is 0 Å². The number of benzene rings is 2. The van der Waals surface area contributed by atoms with Gasteiger partial charge in [0.15, 0.2) is 0 Å². The highest BCUT2D eigenvalue weighted by atomic mass is 35.5. The molecule has 0 aliphatic heterocycles. The van der Waals surface area contributed by atoms with Gasteiger partial charge in [0.1, 0.15) is 0 Å². The zero-order valence-corrected chi connectivity index (χ0v) is 14.0. The van der Waals surface area contributed by atoms with Gasteiger partial charge in [-0.3, -0.25) is 0 Å². The Labute approximate surface area is 136 Å². The van der Waals surface area contributed by atoms with Crippen LogP contribution in [0.3, 0.4) is 0 Å². The number of halogens is 2. The van der Waals surface area contributed by atoms with Crippen molar-refractivity contribution in [2.24, 2.45) is 0 Å². The number of rotatable bonds is 3. The molecule has 1 N–H and O–H groups in total. The highest BCUT2D eigenvalue weighted by Crippen LogP contribution is 2.29. The average Bonchev–Trinajstić information content (AvgIpc) is 2.41. The van der Waals surface area contributed by atoms with Crippen LogP contribution in [0.5, 0.6) is 0 Å². The molecular weight excluding hydrogens is 303 g/mol. The summed E-state index contributed by atoms with van der Waals surface area (Å²) in [4.78, 5) is 0. The van der Waals surface area contributed by atoms with Gasteiger partial charge in [-0.15, -0.1) is 0 Å². The first-order chi connectivity index (χ1) is 9.77. The lowest BCUT2D eigenvalue weighted by molar-refractivity contribution is 0.178. The molecule has 0 amide bonds. The molecule has 2 aromatic carbocycles. The van der Waals surface area contributed by atoms with Gasteiger partial charge in [-0.2, -0.15) is 0 Å². The van der Waals surface area contributed by atoms with E-state index in [9.17, 15) is 5.11 Å². The van der Waals surface area contributed by atoms with Gasteiger partial charge in [0.25, 0.3) is 0 Å². The first-order valence-corrected chi connectivity index (χ1v) is 7.75. The van der Waals surface area contributed by atoms with Crippen molar-refractivity contribution in [3.63, 3.8) is 0 Å². The quantitative estimate of drug-likeness (QED) is 0.783. The fourth-order valence-corrected chi connectivity index (χ4v) is 2.67. The van der Waals surface area contributed by atoms with Crippen LogP contribution in [-0.2, 0) is 11.8 Å². The molecule has 0 heterocycles. The second-order valence-electron chi connectivity index (χ2n) is 6.33. The predicted molar refractivity (Wildman–Crippen MR) is 90.3 cm³/mol. The van der Waals surface area contributed by atoms with E-state index in [0.29, 0.717) is 22.0 Å². The zero-order valence-electron chi connectivity index (χ0n) is 12.5. The van der Waals surface area contributed by atoms with Crippen molar-refractivity contribution in [2.75, 3.05) is 0 Å². The normalized spacial score (nSPS) is 13.2. The summed E-state index contributed by atoms with van der Waals surface area (Å²) < 4.78 is 0. The van der Waals surface area contributed by atoms with E-state index < -0.39 is 6.10 Å². The maximum absolute atomic E-state index is 10.4. The van der Waals surface area contributed by atoms with Crippen LogP contribution in [0.15, 0.2) is 42.5 Å². The number of aliphatic hydroxyl groups is 1. The molecule has 1 unspecified atom stereocenters. The molecule has 0 saturated carbocycles. The van der Waals surface area contributed by atoms with Crippen LogP contribution >= 0.6 is 23.2 Å². The second kappa shape index (κ2) is 6.39. The molecule has 2 rings (SSSR count). The Morgan fingerprint density at radius 2 is 1.62 bits per heavy atom. The third-order valence-corrected chi connectivity index (χ3v) is 4.15. The summed E-state index contributed by atoms with van der Waals surface area (Å²) in [6, 6.07) is 13.5. The van der Waals surface area contributed by atoms with Gasteiger partial charge in [0.05, 0.1) is 6.10 Å². The Hall–Kier alpha value is -1.02. The molecular formula is C18H20Cl2O. The number of aliphatic hydroxyl groups excluding tert-OH is 1. The van der Waals surface area contributed by atoms with Crippen LogP contribution in [0.1, 0.15) is 43.6 Å².